The molecule has 0 radical (unpaired) electrons. The minimum Gasteiger partial charge on any atom is -0.396 e. The quantitative estimate of drug-likeness (QED) is 0.846. The summed E-state index contributed by atoms with van der Waals surface area (Å²) in [5.74, 6) is -0.436. The van der Waals surface area contributed by atoms with Crippen molar-refractivity contribution in [1.29, 1.82) is 0 Å². The summed E-state index contributed by atoms with van der Waals surface area (Å²) in [4.78, 5) is 15.2. The van der Waals surface area contributed by atoms with Gasteiger partial charge in [-0.3, -0.25) is 9.69 Å². The topological polar surface area (TPSA) is 43.8 Å². The number of nitrogens with zero attached hydrogens (tertiary/aromatic N) is 2. The molecular formula is C13H15FN2O2S. The molecule has 1 aliphatic heterocycles. The molecule has 0 spiro atoms. The van der Waals surface area contributed by atoms with Gasteiger partial charge in [0.1, 0.15) is 5.82 Å². The van der Waals surface area contributed by atoms with Crippen molar-refractivity contribution in [1.82, 2.24) is 9.80 Å². The predicted molar refractivity (Wildman–Crippen MR) is 72.9 cm³/mol. The molecule has 2 rings (SSSR count). The number of thiocarbonyl (C=S) groups is 1. The van der Waals surface area contributed by atoms with E-state index in [1.807, 2.05) is 0 Å². The van der Waals surface area contributed by atoms with Gasteiger partial charge < -0.3 is 10.0 Å². The molecule has 1 aromatic carbocycles. The third-order valence-corrected chi connectivity index (χ3v) is 3.65. The van der Waals surface area contributed by atoms with E-state index >= 15 is 0 Å². The van der Waals surface area contributed by atoms with Crippen molar-refractivity contribution in [3.8, 4) is 0 Å². The van der Waals surface area contributed by atoms with Crippen molar-refractivity contribution in [2.45, 2.75) is 12.5 Å². The lowest BCUT2D eigenvalue weighted by Crippen LogP contribution is -2.35. The summed E-state index contributed by atoms with van der Waals surface area (Å²) in [5.41, 5.74) is 0.765. The fourth-order valence-corrected chi connectivity index (χ4v) is 2.49. The first-order valence-electron chi connectivity index (χ1n) is 5.98. The maximum absolute atomic E-state index is 13.0. The normalized spacial score (nSPS) is 17.2. The number of carbonyl (C=O) groups is 1. The lowest BCUT2D eigenvalue weighted by atomic mass is 10.0. The van der Waals surface area contributed by atoms with Crippen LogP contribution in [-0.4, -0.2) is 46.1 Å². The first-order valence-corrected chi connectivity index (χ1v) is 6.39. The lowest BCUT2D eigenvalue weighted by molar-refractivity contribution is -0.126. The van der Waals surface area contributed by atoms with Crippen LogP contribution in [0.25, 0.3) is 0 Å². The maximum atomic E-state index is 13.0. The van der Waals surface area contributed by atoms with Crippen LogP contribution in [0.3, 0.4) is 0 Å². The summed E-state index contributed by atoms with van der Waals surface area (Å²) >= 11 is 5.23. The number of aliphatic hydroxyl groups is 1. The third kappa shape index (κ3) is 2.74. The molecule has 1 unspecified atom stereocenters. The first-order chi connectivity index (χ1) is 9.04. The van der Waals surface area contributed by atoms with Crippen LogP contribution in [0.15, 0.2) is 24.3 Å². The van der Waals surface area contributed by atoms with E-state index in [-0.39, 0.29) is 30.9 Å². The van der Waals surface area contributed by atoms with Gasteiger partial charge in [0.05, 0.1) is 12.6 Å². The number of amides is 1. The van der Waals surface area contributed by atoms with E-state index in [0.29, 0.717) is 11.5 Å². The smallest absolute Gasteiger partial charge is 0.248 e. The highest BCUT2D eigenvalue weighted by Gasteiger charge is 2.36. The molecule has 4 nitrogen and oxygen atoms in total. The van der Waals surface area contributed by atoms with Gasteiger partial charge in [-0.25, -0.2) is 4.39 Å². The van der Waals surface area contributed by atoms with E-state index in [1.165, 1.54) is 17.0 Å². The molecule has 1 heterocycles. The Morgan fingerprint density at radius 3 is 2.53 bits per heavy atom. The Bertz CT molecular complexity index is 492. The van der Waals surface area contributed by atoms with Crippen molar-refractivity contribution >= 4 is 23.2 Å². The fraction of sp³-hybridized carbons (Fsp3) is 0.385. The number of rotatable bonds is 4. The van der Waals surface area contributed by atoms with Crippen LogP contribution in [-0.2, 0) is 4.79 Å². The molecule has 6 heteroatoms. The monoisotopic (exact) mass is 282 g/mol. The molecule has 1 aromatic rings. The first kappa shape index (κ1) is 13.9. The number of likely N-dealkylation sites (N-methyl/N-ethyl adjacent to an activating group) is 1. The standard InChI is InChI=1S/C13H15FN2O2S/c1-15-8-12(18)16(13(15)19)11(6-7-17)9-2-4-10(14)5-3-9/h2-5,11,17H,6-8H2,1H3. The Morgan fingerprint density at radius 2 is 2.05 bits per heavy atom. The van der Waals surface area contributed by atoms with Gasteiger partial charge in [0.2, 0.25) is 5.91 Å². The van der Waals surface area contributed by atoms with E-state index in [1.54, 1.807) is 24.1 Å². The van der Waals surface area contributed by atoms with Crippen LogP contribution >= 0.6 is 12.2 Å². The van der Waals surface area contributed by atoms with Crippen LogP contribution in [0.4, 0.5) is 4.39 Å². The molecule has 1 atom stereocenters. The summed E-state index contributed by atoms with van der Waals surface area (Å²) in [5, 5.41) is 9.62. The zero-order valence-corrected chi connectivity index (χ0v) is 11.4. The average molecular weight is 282 g/mol. The number of carbonyl (C=O) groups excluding carboxylic acids is 1. The fourth-order valence-electron chi connectivity index (χ4n) is 2.20. The second-order valence-corrected chi connectivity index (χ2v) is 4.85. The van der Waals surface area contributed by atoms with Gasteiger partial charge in [0.15, 0.2) is 5.11 Å². The number of aliphatic hydroxyl groups excluding tert-OH is 1. The van der Waals surface area contributed by atoms with Gasteiger partial charge >= 0.3 is 0 Å². The molecule has 1 saturated heterocycles. The molecule has 0 aromatic heterocycles. The van der Waals surface area contributed by atoms with E-state index in [4.69, 9.17) is 12.2 Å². The minimum absolute atomic E-state index is 0.0713. The summed E-state index contributed by atoms with van der Waals surface area (Å²) in [6.07, 6.45) is 0.366. The summed E-state index contributed by atoms with van der Waals surface area (Å²) in [7, 11) is 1.75. The van der Waals surface area contributed by atoms with Gasteiger partial charge in [-0.15, -0.1) is 0 Å². The van der Waals surface area contributed by atoms with Gasteiger partial charge in [0, 0.05) is 13.7 Å². The predicted octanol–water partition coefficient (Wildman–Crippen LogP) is 1.31. The SMILES string of the molecule is CN1CC(=O)N(C(CCO)c2ccc(F)cc2)C1=S. The summed E-state index contributed by atoms with van der Waals surface area (Å²) in [6, 6.07) is 5.56. The van der Waals surface area contributed by atoms with Crippen LogP contribution in [0, 0.1) is 5.82 Å². The molecule has 19 heavy (non-hydrogen) atoms. The van der Waals surface area contributed by atoms with Gasteiger partial charge in [-0.05, 0) is 36.3 Å². The largest absolute Gasteiger partial charge is 0.396 e. The van der Waals surface area contributed by atoms with E-state index in [2.05, 4.69) is 0 Å². The number of hydrogen-bond donors (Lipinski definition) is 1. The Balaban J connectivity index is 2.32. The van der Waals surface area contributed by atoms with E-state index in [9.17, 15) is 14.3 Å². The van der Waals surface area contributed by atoms with Gasteiger partial charge in [-0.2, -0.15) is 0 Å². The Labute approximate surface area is 116 Å². The zero-order chi connectivity index (χ0) is 14.0. The van der Waals surface area contributed by atoms with Crippen LogP contribution in [0.2, 0.25) is 0 Å². The third-order valence-electron chi connectivity index (χ3n) is 3.14. The highest BCUT2D eigenvalue weighted by atomic mass is 32.1. The second-order valence-electron chi connectivity index (χ2n) is 4.48. The van der Waals surface area contributed by atoms with Crippen molar-refractivity contribution in [2.24, 2.45) is 0 Å². The molecule has 102 valence electrons. The van der Waals surface area contributed by atoms with Gasteiger partial charge in [0.25, 0.3) is 0 Å². The number of hydrogen-bond acceptors (Lipinski definition) is 3. The Kier molecular flexibility index (Phi) is 4.11. The Morgan fingerprint density at radius 1 is 1.42 bits per heavy atom. The molecular weight excluding hydrogens is 267 g/mol. The van der Waals surface area contributed by atoms with Crippen LogP contribution in [0.1, 0.15) is 18.0 Å². The molecule has 1 aliphatic rings. The van der Waals surface area contributed by atoms with Crippen molar-refractivity contribution in [2.75, 3.05) is 20.2 Å². The lowest BCUT2D eigenvalue weighted by Gasteiger charge is -2.27. The minimum atomic E-state index is -0.351. The summed E-state index contributed by atoms with van der Waals surface area (Å²) in [6.45, 7) is 0.167. The molecule has 0 aliphatic carbocycles. The van der Waals surface area contributed by atoms with Crippen LogP contribution < -0.4 is 0 Å². The molecule has 1 N–H and O–H groups in total. The average Bonchev–Trinajstić information content (AvgIpc) is 2.62. The van der Waals surface area contributed by atoms with Gasteiger partial charge in [-0.1, -0.05) is 12.1 Å². The highest BCUT2D eigenvalue weighted by molar-refractivity contribution is 7.80. The molecule has 1 fully saturated rings. The number of halogens is 1. The molecule has 0 bridgehead atoms. The van der Waals surface area contributed by atoms with E-state index < -0.39 is 0 Å². The van der Waals surface area contributed by atoms with Crippen LogP contribution in [0.5, 0.6) is 0 Å². The van der Waals surface area contributed by atoms with Crippen molar-refractivity contribution < 1.29 is 14.3 Å². The number of benzene rings is 1. The summed E-state index contributed by atoms with van der Waals surface area (Å²) < 4.78 is 13.0. The van der Waals surface area contributed by atoms with E-state index in [0.717, 1.165) is 5.56 Å². The maximum Gasteiger partial charge on any atom is 0.248 e. The zero-order valence-electron chi connectivity index (χ0n) is 10.5. The van der Waals surface area contributed by atoms with Crippen molar-refractivity contribution in [3.63, 3.8) is 0 Å². The van der Waals surface area contributed by atoms with Crippen molar-refractivity contribution in [3.05, 3.63) is 35.6 Å². The molecule has 1 amide bonds. The second kappa shape index (κ2) is 5.63. The Hall–Kier alpha value is -1.53. The highest BCUT2D eigenvalue weighted by Crippen LogP contribution is 2.28. The molecule has 0 saturated carbocycles.